The van der Waals surface area contributed by atoms with Crippen LogP contribution in [-0.4, -0.2) is 35.2 Å². The molecule has 0 fully saturated rings. The van der Waals surface area contributed by atoms with E-state index in [9.17, 15) is 9.59 Å². The van der Waals surface area contributed by atoms with E-state index in [0.29, 0.717) is 13.2 Å². The fourth-order valence-electron chi connectivity index (χ4n) is 1.64. The number of rotatable bonds is 9. The molecule has 1 aromatic rings. The van der Waals surface area contributed by atoms with Gasteiger partial charge in [-0.3, -0.25) is 0 Å². The molecule has 0 bridgehead atoms. The molecule has 1 rings (SSSR count). The fourth-order valence-corrected chi connectivity index (χ4v) is 1.64. The van der Waals surface area contributed by atoms with Crippen molar-refractivity contribution in [1.82, 2.24) is 4.98 Å². The van der Waals surface area contributed by atoms with E-state index in [4.69, 9.17) is 14.6 Å². The van der Waals surface area contributed by atoms with E-state index in [2.05, 4.69) is 11.9 Å². The lowest BCUT2D eigenvalue weighted by molar-refractivity contribution is 0.0495. The molecule has 1 heterocycles. The highest BCUT2D eigenvalue weighted by atomic mass is 16.5. The standard InChI is InChI=1S/C15H21NO5/c1-3-5-6-8-21-15(19)11-9-12(20-7-4-2)13(14(17)18)16-10-11/h9-10H,3-8H2,1-2H3,(H,17,18). The molecule has 0 aliphatic heterocycles. The van der Waals surface area contributed by atoms with Crippen LogP contribution in [0.25, 0.3) is 0 Å². The number of unbranched alkanes of at least 4 members (excludes halogenated alkanes) is 2. The van der Waals surface area contributed by atoms with Gasteiger partial charge in [0.1, 0.15) is 0 Å². The molecule has 0 aliphatic carbocycles. The molecular formula is C15H21NO5. The third kappa shape index (κ3) is 5.41. The minimum absolute atomic E-state index is 0.0901. The van der Waals surface area contributed by atoms with Gasteiger partial charge in [0.2, 0.25) is 0 Å². The summed E-state index contributed by atoms with van der Waals surface area (Å²) >= 11 is 0. The number of ether oxygens (including phenoxy) is 2. The Morgan fingerprint density at radius 2 is 1.95 bits per heavy atom. The van der Waals surface area contributed by atoms with E-state index in [1.54, 1.807) is 0 Å². The van der Waals surface area contributed by atoms with Gasteiger partial charge in [0.25, 0.3) is 0 Å². The number of hydrogen-bond acceptors (Lipinski definition) is 5. The van der Waals surface area contributed by atoms with Crippen LogP contribution in [0.5, 0.6) is 5.75 Å². The predicted octanol–water partition coefficient (Wildman–Crippen LogP) is 2.92. The number of carbonyl (C=O) groups excluding carboxylic acids is 1. The first-order chi connectivity index (χ1) is 10.1. The lowest BCUT2D eigenvalue weighted by atomic mass is 10.2. The number of carboxylic acid groups (broad SMARTS) is 1. The highest BCUT2D eigenvalue weighted by Gasteiger charge is 2.17. The number of esters is 1. The molecule has 1 aromatic heterocycles. The molecule has 0 amide bonds. The summed E-state index contributed by atoms with van der Waals surface area (Å²) in [6, 6.07) is 1.37. The van der Waals surface area contributed by atoms with Crippen molar-refractivity contribution in [2.45, 2.75) is 39.5 Å². The molecule has 1 N–H and O–H groups in total. The molecule has 6 nitrogen and oxygen atoms in total. The highest BCUT2D eigenvalue weighted by molar-refractivity contribution is 5.93. The van der Waals surface area contributed by atoms with Crippen molar-refractivity contribution in [3.8, 4) is 5.75 Å². The van der Waals surface area contributed by atoms with Crippen LogP contribution in [-0.2, 0) is 4.74 Å². The van der Waals surface area contributed by atoms with Crippen LogP contribution in [0.2, 0.25) is 0 Å². The van der Waals surface area contributed by atoms with E-state index in [1.807, 2.05) is 6.92 Å². The van der Waals surface area contributed by atoms with Gasteiger partial charge < -0.3 is 14.6 Å². The van der Waals surface area contributed by atoms with Gasteiger partial charge in [0.05, 0.1) is 18.8 Å². The largest absolute Gasteiger partial charge is 0.491 e. The number of aromatic nitrogens is 1. The second-order valence-electron chi connectivity index (χ2n) is 4.57. The lowest BCUT2D eigenvalue weighted by Crippen LogP contribution is -2.11. The van der Waals surface area contributed by atoms with Gasteiger partial charge in [-0.2, -0.15) is 0 Å². The van der Waals surface area contributed by atoms with Crippen LogP contribution in [0, 0.1) is 0 Å². The molecule has 0 spiro atoms. The number of aromatic carboxylic acids is 1. The topological polar surface area (TPSA) is 85.7 Å². The molecule has 0 radical (unpaired) electrons. The van der Waals surface area contributed by atoms with Crippen LogP contribution >= 0.6 is 0 Å². The van der Waals surface area contributed by atoms with Gasteiger partial charge in [0, 0.05) is 6.20 Å². The summed E-state index contributed by atoms with van der Waals surface area (Å²) in [6.45, 7) is 4.67. The second kappa shape index (κ2) is 8.94. The van der Waals surface area contributed by atoms with Crippen molar-refractivity contribution in [3.63, 3.8) is 0 Å². The van der Waals surface area contributed by atoms with Crippen molar-refractivity contribution >= 4 is 11.9 Å². The maximum absolute atomic E-state index is 11.8. The Labute approximate surface area is 124 Å². The first-order valence-corrected chi connectivity index (χ1v) is 7.13. The molecular weight excluding hydrogens is 274 g/mol. The Morgan fingerprint density at radius 1 is 1.19 bits per heavy atom. The van der Waals surface area contributed by atoms with Crippen LogP contribution < -0.4 is 4.74 Å². The van der Waals surface area contributed by atoms with Gasteiger partial charge in [-0.05, 0) is 18.9 Å². The first kappa shape index (κ1) is 16.9. The van der Waals surface area contributed by atoms with E-state index in [1.165, 1.54) is 12.3 Å². The van der Waals surface area contributed by atoms with Crippen LogP contribution in [0.15, 0.2) is 12.3 Å². The average Bonchev–Trinajstić information content (AvgIpc) is 2.48. The molecule has 0 aromatic carbocycles. The average molecular weight is 295 g/mol. The van der Waals surface area contributed by atoms with Crippen LogP contribution in [0.3, 0.4) is 0 Å². The number of pyridine rings is 1. The van der Waals surface area contributed by atoms with Gasteiger partial charge in [-0.25, -0.2) is 14.6 Å². The minimum Gasteiger partial charge on any atom is -0.491 e. The molecule has 0 aliphatic rings. The quantitative estimate of drug-likeness (QED) is 0.557. The Bertz CT molecular complexity index is 487. The predicted molar refractivity (Wildman–Crippen MR) is 76.8 cm³/mol. The Kier molecular flexibility index (Phi) is 7.21. The number of nitrogens with zero attached hydrogens (tertiary/aromatic N) is 1. The molecule has 116 valence electrons. The van der Waals surface area contributed by atoms with E-state index in [-0.39, 0.29) is 17.0 Å². The number of carbonyl (C=O) groups is 2. The smallest absolute Gasteiger partial charge is 0.358 e. The SMILES string of the molecule is CCCCCOC(=O)c1cnc(C(=O)O)c(OCCC)c1. The summed E-state index contributed by atoms with van der Waals surface area (Å²) in [5.74, 6) is -1.62. The van der Waals surface area contributed by atoms with Gasteiger partial charge >= 0.3 is 11.9 Å². The Morgan fingerprint density at radius 3 is 2.57 bits per heavy atom. The molecule has 0 unspecified atom stereocenters. The Hall–Kier alpha value is -2.11. The summed E-state index contributed by atoms with van der Waals surface area (Å²) in [5.41, 5.74) is -0.00594. The molecule has 0 saturated heterocycles. The van der Waals surface area contributed by atoms with Crippen LogP contribution in [0.4, 0.5) is 0 Å². The molecule has 21 heavy (non-hydrogen) atoms. The number of carboxylic acids is 1. The summed E-state index contributed by atoms with van der Waals surface area (Å²) in [4.78, 5) is 26.7. The van der Waals surface area contributed by atoms with Crippen LogP contribution in [0.1, 0.15) is 60.4 Å². The summed E-state index contributed by atoms with van der Waals surface area (Å²) in [6.07, 6.45) is 4.77. The maximum atomic E-state index is 11.8. The van der Waals surface area contributed by atoms with Crippen molar-refractivity contribution in [1.29, 1.82) is 0 Å². The zero-order valence-corrected chi connectivity index (χ0v) is 12.4. The first-order valence-electron chi connectivity index (χ1n) is 7.13. The van der Waals surface area contributed by atoms with Crippen molar-refractivity contribution in [2.75, 3.05) is 13.2 Å². The van der Waals surface area contributed by atoms with Crippen molar-refractivity contribution in [3.05, 3.63) is 23.5 Å². The van der Waals surface area contributed by atoms with Gasteiger partial charge in [-0.15, -0.1) is 0 Å². The zero-order valence-electron chi connectivity index (χ0n) is 12.4. The maximum Gasteiger partial charge on any atom is 0.358 e. The Balaban J connectivity index is 2.78. The molecule has 6 heteroatoms. The highest BCUT2D eigenvalue weighted by Crippen LogP contribution is 2.19. The number of hydrogen-bond donors (Lipinski definition) is 1. The third-order valence-electron chi connectivity index (χ3n) is 2.73. The van der Waals surface area contributed by atoms with E-state index < -0.39 is 11.9 Å². The second-order valence-corrected chi connectivity index (χ2v) is 4.57. The summed E-state index contributed by atoms with van der Waals surface area (Å²) < 4.78 is 10.4. The van der Waals surface area contributed by atoms with E-state index >= 15 is 0 Å². The summed E-state index contributed by atoms with van der Waals surface area (Å²) in [7, 11) is 0. The van der Waals surface area contributed by atoms with Gasteiger partial charge in [0.15, 0.2) is 11.4 Å². The lowest BCUT2D eigenvalue weighted by Gasteiger charge is -2.09. The van der Waals surface area contributed by atoms with Crippen molar-refractivity contribution < 1.29 is 24.2 Å². The summed E-state index contributed by atoms with van der Waals surface area (Å²) in [5, 5.41) is 9.04. The molecule has 0 saturated carbocycles. The monoisotopic (exact) mass is 295 g/mol. The fraction of sp³-hybridized carbons (Fsp3) is 0.533. The van der Waals surface area contributed by atoms with Crippen molar-refractivity contribution in [2.24, 2.45) is 0 Å². The van der Waals surface area contributed by atoms with Gasteiger partial charge in [-0.1, -0.05) is 26.7 Å². The molecule has 0 atom stereocenters. The third-order valence-corrected chi connectivity index (χ3v) is 2.73. The minimum atomic E-state index is -1.19. The normalized spacial score (nSPS) is 10.2. The van der Waals surface area contributed by atoms with E-state index in [0.717, 1.165) is 25.7 Å². The zero-order chi connectivity index (χ0) is 15.7.